The van der Waals surface area contributed by atoms with Crippen molar-refractivity contribution in [2.24, 2.45) is 0 Å². The molecule has 0 saturated carbocycles. The van der Waals surface area contributed by atoms with E-state index in [1.54, 1.807) is 26.4 Å². The highest BCUT2D eigenvalue weighted by Gasteiger charge is 2.25. The molecule has 1 amide bonds. The molecule has 0 aliphatic carbocycles. The van der Waals surface area contributed by atoms with Crippen molar-refractivity contribution in [1.82, 2.24) is 0 Å². The maximum absolute atomic E-state index is 12.6. The number of nitrogens with one attached hydrogen (secondary N) is 1. The number of carbonyl (C=O) groups is 1. The third-order valence-electron chi connectivity index (χ3n) is 4.72. The average Bonchev–Trinajstić information content (AvgIpc) is 3.47. The standard InChI is InChI=1S/C24H18N2O4S/c1-28-17-9-5-15(6-10-17)21-19(14-25)24(26-23(27)20-4-3-13-31-20)30-22(21)16-7-11-18(29-2)12-8-16/h3-13H,1-2H3,(H,26,27). The molecule has 0 aliphatic heterocycles. The van der Waals surface area contributed by atoms with E-state index in [1.807, 2.05) is 53.9 Å². The van der Waals surface area contributed by atoms with Crippen LogP contribution in [0.4, 0.5) is 5.88 Å². The molecule has 0 atom stereocenters. The number of thiophene rings is 1. The molecule has 0 saturated heterocycles. The van der Waals surface area contributed by atoms with Gasteiger partial charge in [0.1, 0.15) is 28.9 Å². The van der Waals surface area contributed by atoms with E-state index < -0.39 is 0 Å². The molecule has 0 fully saturated rings. The lowest BCUT2D eigenvalue weighted by Gasteiger charge is -2.06. The van der Waals surface area contributed by atoms with Gasteiger partial charge < -0.3 is 13.9 Å². The van der Waals surface area contributed by atoms with Gasteiger partial charge in [0.15, 0.2) is 0 Å². The van der Waals surface area contributed by atoms with Gasteiger partial charge in [-0.15, -0.1) is 11.3 Å². The SMILES string of the molecule is COc1ccc(-c2oc(NC(=O)c3cccs3)c(C#N)c2-c2ccc(OC)cc2)cc1. The molecule has 0 radical (unpaired) electrons. The Morgan fingerprint density at radius 3 is 2.10 bits per heavy atom. The van der Waals surface area contributed by atoms with E-state index in [2.05, 4.69) is 11.4 Å². The van der Waals surface area contributed by atoms with Crippen LogP contribution in [-0.4, -0.2) is 20.1 Å². The summed E-state index contributed by atoms with van der Waals surface area (Å²) in [6.45, 7) is 0. The van der Waals surface area contributed by atoms with E-state index in [0.29, 0.717) is 27.7 Å². The first-order valence-electron chi connectivity index (χ1n) is 9.35. The van der Waals surface area contributed by atoms with E-state index >= 15 is 0 Å². The first-order chi connectivity index (χ1) is 15.1. The van der Waals surface area contributed by atoms with E-state index in [1.165, 1.54) is 11.3 Å². The number of rotatable bonds is 6. The topological polar surface area (TPSA) is 84.5 Å². The molecule has 1 N–H and O–H groups in total. The fourth-order valence-electron chi connectivity index (χ4n) is 3.18. The average molecular weight is 430 g/mol. The normalized spacial score (nSPS) is 10.4. The van der Waals surface area contributed by atoms with Crippen molar-refractivity contribution in [3.8, 4) is 40.0 Å². The van der Waals surface area contributed by atoms with Crippen LogP contribution in [0, 0.1) is 11.3 Å². The molecule has 0 unspecified atom stereocenters. The van der Waals surface area contributed by atoms with Crippen molar-refractivity contribution in [1.29, 1.82) is 5.26 Å². The molecule has 0 bridgehead atoms. The summed E-state index contributed by atoms with van der Waals surface area (Å²) in [5.74, 6) is 1.65. The number of nitrogens with zero attached hydrogens (tertiary/aromatic N) is 1. The van der Waals surface area contributed by atoms with Crippen LogP contribution in [0.15, 0.2) is 70.5 Å². The molecule has 0 aliphatic rings. The molecule has 2 aromatic heterocycles. The first kappa shape index (κ1) is 20.3. The fourth-order valence-corrected chi connectivity index (χ4v) is 3.80. The highest BCUT2D eigenvalue weighted by atomic mass is 32.1. The molecule has 0 spiro atoms. The van der Waals surface area contributed by atoms with Crippen LogP contribution in [0.25, 0.3) is 22.5 Å². The first-order valence-corrected chi connectivity index (χ1v) is 10.2. The summed E-state index contributed by atoms with van der Waals surface area (Å²) >= 11 is 1.31. The molecule has 4 rings (SSSR count). The third kappa shape index (κ3) is 4.02. The maximum atomic E-state index is 12.6. The summed E-state index contributed by atoms with van der Waals surface area (Å²) in [4.78, 5) is 13.1. The van der Waals surface area contributed by atoms with Crippen LogP contribution >= 0.6 is 11.3 Å². The number of furan rings is 1. The summed E-state index contributed by atoms with van der Waals surface area (Å²) < 4.78 is 16.5. The van der Waals surface area contributed by atoms with Crippen molar-refractivity contribution < 1.29 is 18.7 Å². The second-order valence-corrected chi connectivity index (χ2v) is 7.46. The van der Waals surface area contributed by atoms with Gasteiger partial charge >= 0.3 is 0 Å². The van der Waals surface area contributed by atoms with Gasteiger partial charge in [-0.3, -0.25) is 10.1 Å². The summed E-state index contributed by atoms with van der Waals surface area (Å²) in [6, 6.07) is 20.3. The van der Waals surface area contributed by atoms with E-state index in [4.69, 9.17) is 13.9 Å². The maximum Gasteiger partial charge on any atom is 0.268 e. The smallest absolute Gasteiger partial charge is 0.268 e. The van der Waals surface area contributed by atoms with Crippen LogP contribution in [0.5, 0.6) is 11.5 Å². The summed E-state index contributed by atoms with van der Waals surface area (Å²) in [5, 5.41) is 14.5. The van der Waals surface area contributed by atoms with Gasteiger partial charge in [0.2, 0.25) is 5.88 Å². The van der Waals surface area contributed by atoms with Crippen molar-refractivity contribution >= 4 is 23.1 Å². The number of methoxy groups -OCH3 is 2. The molecular formula is C24H18N2O4S. The Morgan fingerprint density at radius 2 is 1.58 bits per heavy atom. The quantitative estimate of drug-likeness (QED) is 0.417. The molecule has 2 heterocycles. The summed E-state index contributed by atoms with van der Waals surface area (Å²) in [6.07, 6.45) is 0. The number of ether oxygens (including phenoxy) is 2. The summed E-state index contributed by atoms with van der Waals surface area (Å²) in [7, 11) is 3.19. The minimum Gasteiger partial charge on any atom is -0.497 e. The number of hydrogen-bond donors (Lipinski definition) is 1. The molecule has 7 heteroatoms. The monoisotopic (exact) mass is 430 g/mol. The Morgan fingerprint density at radius 1 is 0.968 bits per heavy atom. The summed E-state index contributed by atoms with van der Waals surface area (Å²) in [5.41, 5.74) is 2.36. The minimum absolute atomic E-state index is 0.109. The minimum atomic E-state index is -0.331. The van der Waals surface area contributed by atoms with Gasteiger partial charge in [-0.1, -0.05) is 18.2 Å². The molecular weight excluding hydrogens is 412 g/mol. The van der Waals surface area contributed by atoms with Crippen molar-refractivity contribution in [2.75, 3.05) is 19.5 Å². The Labute approximate surface area is 183 Å². The molecule has 4 aromatic rings. The van der Waals surface area contributed by atoms with Crippen LogP contribution in [-0.2, 0) is 0 Å². The Balaban J connectivity index is 1.85. The van der Waals surface area contributed by atoms with Gasteiger partial charge in [0.25, 0.3) is 5.91 Å². The number of benzene rings is 2. The largest absolute Gasteiger partial charge is 0.497 e. The van der Waals surface area contributed by atoms with Gasteiger partial charge in [0, 0.05) is 11.1 Å². The fraction of sp³-hybridized carbons (Fsp3) is 0.0833. The number of carbonyl (C=O) groups excluding carboxylic acids is 1. The second-order valence-electron chi connectivity index (χ2n) is 6.51. The second kappa shape index (κ2) is 8.78. The highest BCUT2D eigenvalue weighted by Crippen LogP contribution is 2.42. The van der Waals surface area contributed by atoms with Crippen LogP contribution in [0.2, 0.25) is 0 Å². The van der Waals surface area contributed by atoms with Gasteiger partial charge in [-0.25, -0.2) is 0 Å². The number of amides is 1. The van der Waals surface area contributed by atoms with E-state index in [0.717, 1.165) is 11.1 Å². The lowest BCUT2D eigenvalue weighted by Crippen LogP contribution is -2.10. The zero-order valence-electron chi connectivity index (χ0n) is 16.8. The Bertz CT molecular complexity index is 1230. The van der Waals surface area contributed by atoms with Gasteiger partial charge in [0.05, 0.1) is 19.1 Å². The Hall–Kier alpha value is -4.02. The lowest BCUT2D eigenvalue weighted by molar-refractivity contribution is 0.102. The van der Waals surface area contributed by atoms with Crippen LogP contribution in [0.1, 0.15) is 15.2 Å². The highest BCUT2D eigenvalue weighted by molar-refractivity contribution is 7.12. The number of hydrogen-bond acceptors (Lipinski definition) is 6. The molecule has 154 valence electrons. The zero-order chi connectivity index (χ0) is 21.8. The van der Waals surface area contributed by atoms with Crippen molar-refractivity contribution in [2.45, 2.75) is 0 Å². The molecule has 6 nitrogen and oxygen atoms in total. The zero-order valence-corrected chi connectivity index (χ0v) is 17.7. The Kier molecular flexibility index (Phi) is 5.74. The van der Waals surface area contributed by atoms with E-state index in [-0.39, 0.29) is 17.4 Å². The number of nitriles is 1. The predicted octanol–water partition coefficient (Wildman–Crippen LogP) is 5.82. The third-order valence-corrected chi connectivity index (χ3v) is 5.59. The van der Waals surface area contributed by atoms with Crippen LogP contribution < -0.4 is 14.8 Å². The van der Waals surface area contributed by atoms with Gasteiger partial charge in [-0.05, 0) is 53.4 Å². The predicted molar refractivity (Wildman–Crippen MR) is 120 cm³/mol. The van der Waals surface area contributed by atoms with Crippen molar-refractivity contribution in [3.63, 3.8) is 0 Å². The van der Waals surface area contributed by atoms with E-state index in [9.17, 15) is 10.1 Å². The van der Waals surface area contributed by atoms with Gasteiger partial charge in [-0.2, -0.15) is 5.26 Å². The lowest BCUT2D eigenvalue weighted by atomic mass is 9.98. The number of anilines is 1. The molecule has 2 aromatic carbocycles. The molecule has 31 heavy (non-hydrogen) atoms. The van der Waals surface area contributed by atoms with Crippen LogP contribution in [0.3, 0.4) is 0 Å². The van der Waals surface area contributed by atoms with Crippen molar-refractivity contribution in [3.05, 3.63) is 76.5 Å².